The van der Waals surface area contributed by atoms with Crippen LogP contribution in [-0.2, 0) is 4.79 Å². The van der Waals surface area contributed by atoms with Crippen LogP contribution in [0.15, 0.2) is 42.5 Å². The molecule has 1 unspecified atom stereocenters. The second-order valence-corrected chi connectivity index (χ2v) is 6.18. The van der Waals surface area contributed by atoms with E-state index in [-0.39, 0.29) is 12.5 Å². The zero-order valence-corrected chi connectivity index (χ0v) is 14.6. The van der Waals surface area contributed by atoms with E-state index in [1.165, 1.54) is 5.56 Å². The third-order valence-corrected chi connectivity index (χ3v) is 4.20. The largest absolute Gasteiger partial charge is 0.484 e. The molecule has 0 aliphatic rings. The van der Waals surface area contributed by atoms with E-state index in [0.29, 0.717) is 27.4 Å². The van der Waals surface area contributed by atoms with Crippen molar-refractivity contribution in [3.63, 3.8) is 0 Å². The second kappa shape index (κ2) is 8.23. The molecule has 23 heavy (non-hydrogen) atoms. The van der Waals surface area contributed by atoms with Crippen molar-refractivity contribution in [3.8, 4) is 5.75 Å². The maximum atomic E-state index is 11.9. The molecule has 0 radical (unpaired) electrons. The number of amides is 1. The maximum Gasteiger partial charge on any atom is 0.262 e. The van der Waals surface area contributed by atoms with Crippen LogP contribution in [0.25, 0.3) is 0 Å². The Hall–Kier alpha value is -1.71. The highest BCUT2D eigenvalue weighted by Gasteiger charge is 2.08. The summed E-state index contributed by atoms with van der Waals surface area (Å²) in [5, 5.41) is 3.62. The molecule has 2 aromatic carbocycles. The van der Waals surface area contributed by atoms with Crippen molar-refractivity contribution >= 4 is 34.8 Å². The molecule has 5 heteroatoms. The molecule has 1 N–H and O–H groups in total. The molecule has 1 atom stereocenters. The smallest absolute Gasteiger partial charge is 0.262 e. The number of carbonyl (C=O) groups excluding carboxylic acids is 1. The molecular formula is C18H19Cl2NO2. The minimum Gasteiger partial charge on any atom is -0.484 e. The average molecular weight is 352 g/mol. The number of anilines is 1. The lowest BCUT2D eigenvalue weighted by atomic mass is 9.99. The zero-order valence-electron chi connectivity index (χ0n) is 13.1. The fourth-order valence-electron chi connectivity index (χ4n) is 2.06. The minimum absolute atomic E-state index is 0.0917. The van der Waals surface area contributed by atoms with Crippen molar-refractivity contribution in [1.82, 2.24) is 0 Å². The zero-order chi connectivity index (χ0) is 16.8. The Balaban J connectivity index is 1.90. The highest BCUT2D eigenvalue weighted by atomic mass is 35.5. The van der Waals surface area contributed by atoms with Gasteiger partial charge in [0.15, 0.2) is 6.61 Å². The normalized spacial score (nSPS) is 11.8. The average Bonchev–Trinajstić information content (AvgIpc) is 2.56. The van der Waals surface area contributed by atoms with Crippen LogP contribution in [0.4, 0.5) is 5.69 Å². The molecule has 0 aliphatic heterocycles. The molecule has 0 saturated carbocycles. The van der Waals surface area contributed by atoms with Crippen LogP contribution >= 0.6 is 23.2 Å². The third kappa shape index (κ3) is 5.15. The van der Waals surface area contributed by atoms with E-state index in [0.717, 1.165) is 6.42 Å². The Bertz CT molecular complexity index is 671. The number of halogens is 2. The molecule has 1 amide bonds. The third-order valence-electron chi connectivity index (χ3n) is 3.63. The van der Waals surface area contributed by atoms with Crippen LogP contribution < -0.4 is 10.1 Å². The molecule has 122 valence electrons. The summed E-state index contributed by atoms with van der Waals surface area (Å²) in [5.74, 6) is 0.877. The van der Waals surface area contributed by atoms with Crippen LogP contribution in [-0.4, -0.2) is 12.5 Å². The van der Waals surface area contributed by atoms with E-state index in [2.05, 4.69) is 19.2 Å². The SMILES string of the molecule is CCC(C)c1ccc(OCC(=O)Nc2cc(Cl)ccc2Cl)cc1. The van der Waals surface area contributed by atoms with Gasteiger partial charge in [0.1, 0.15) is 5.75 Å². The number of rotatable bonds is 6. The van der Waals surface area contributed by atoms with Crippen LogP contribution in [0.3, 0.4) is 0 Å². The van der Waals surface area contributed by atoms with Crippen molar-refractivity contribution in [2.24, 2.45) is 0 Å². The Morgan fingerprint density at radius 1 is 1.17 bits per heavy atom. The number of hydrogen-bond acceptors (Lipinski definition) is 2. The first-order valence-electron chi connectivity index (χ1n) is 7.47. The number of ether oxygens (including phenoxy) is 1. The van der Waals surface area contributed by atoms with Crippen LogP contribution in [0.1, 0.15) is 31.7 Å². The van der Waals surface area contributed by atoms with Crippen molar-refractivity contribution in [3.05, 3.63) is 58.1 Å². The van der Waals surface area contributed by atoms with Gasteiger partial charge in [0.05, 0.1) is 10.7 Å². The summed E-state index contributed by atoms with van der Waals surface area (Å²) >= 11 is 11.9. The first kappa shape index (κ1) is 17.6. The Morgan fingerprint density at radius 2 is 1.87 bits per heavy atom. The van der Waals surface area contributed by atoms with Gasteiger partial charge in [-0.1, -0.05) is 49.2 Å². The maximum absolute atomic E-state index is 11.9. The van der Waals surface area contributed by atoms with Crippen molar-refractivity contribution in [1.29, 1.82) is 0 Å². The highest BCUT2D eigenvalue weighted by molar-refractivity contribution is 6.35. The van der Waals surface area contributed by atoms with Crippen LogP contribution in [0, 0.1) is 0 Å². The molecule has 0 spiro atoms. The molecule has 2 aromatic rings. The predicted molar refractivity (Wildman–Crippen MR) is 95.7 cm³/mol. The van der Waals surface area contributed by atoms with Gasteiger partial charge in [-0.25, -0.2) is 0 Å². The fraction of sp³-hybridized carbons (Fsp3) is 0.278. The summed E-state index contributed by atoms with van der Waals surface area (Å²) < 4.78 is 5.49. The summed E-state index contributed by atoms with van der Waals surface area (Å²) in [7, 11) is 0. The quantitative estimate of drug-likeness (QED) is 0.743. The first-order chi connectivity index (χ1) is 11.0. The predicted octanol–water partition coefficient (Wildman–Crippen LogP) is 5.52. The van der Waals surface area contributed by atoms with E-state index >= 15 is 0 Å². The molecule has 3 nitrogen and oxygen atoms in total. The lowest BCUT2D eigenvalue weighted by molar-refractivity contribution is -0.118. The van der Waals surface area contributed by atoms with Gasteiger partial charge in [0.2, 0.25) is 0 Å². The van der Waals surface area contributed by atoms with Gasteiger partial charge in [-0.15, -0.1) is 0 Å². The van der Waals surface area contributed by atoms with Gasteiger partial charge in [0, 0.05) is 5.02 Å². The molecule has 0 fully saturated rings. The van der Waals surface area contributed by atoms with E-state index in [4.69, 9.17) is 27.9 Å². The van der Waals surface area contributed by atoms with E-state index in [1.807, 2.05) is 24.3 Å². The standard InChI is InChI=1S/C18H19Cl2NO2/c1-3-12(2)13-4-7-15(8-5-13)23-11-18(22)21-17-10-14(19)6-9-16(17)20/h4-10,12H,3,11H2,1-2H3,(H,21,22). The summed E-state index contributed by atoms with van der Waals surface area (Å²) in [5.41, 5.74) is 1.73. The van der Waals surface area contributed by atoms with Gasteiger partial charge in [-0.05, 0) is 48.2 Å². The number of carbonyl (C=O) groups is 1. The number of hydrogen-bond donors (Lipinski definition) is 1. The highest BCUT2D eigenvalue weighted by Crippen LogP contribution is 2.25. The summed E-state index contributed by atoms with van der Waals surface area (Å²) in [4.78, 5) is 11.9. The lowest BCUT2D eigenvalue weighted by Crippen LogP contribution is -2.20. The van der Waals surface area contributed by atoms with E-state index < -0.39 is 0 Å². The molecule has 0 aliphatic carbocycles. The van der Waals surface area contributed by atoms with Crippen molar-refractivity contribution < 1.29 is 9.53 Å². The second-order valence-electron chi connectivity index (χ2n) is 5.34. The van der Waals surface area contributed by atoms with Crippen molar-refractivity contribution in [2.45, 2.75) is 26.2 Å². The Labute approximate surface area is 146 Å². The van der Waals surface area contributed by atoms with Gasteiger partial charge in [0.25, 0.3) is 5.91 Å². The van der Waals surface area contributed by atoms with Gasteiger partial charge in [-0.2, -0.15) is 0 Å². The molecule has 0 heterocycles. The molecular weight excluding hydrogens is 333 g/mol. The van der Waals surface area contributed by atoms with Crippen molar-refractivity contribution in [2.75, 3.05) is 11.9 Å². The molecule has 0 saturated heterocycles. The number of benzene rings is 2. The molecule has 0 aromatic heterocycles. The van der Waals surface area contributed by atoms with E-state index in [1.54, 1.807) is 18.2 Å². The minimum atomic E-state index is -0.292. The summed E-state index contributed by atoms with van der Waals surface area (Å²) in [6.45, 7) is 4.24. The van der Waals surface area contributed by atoms with E-state index in [9.17, 15) is 4.79 Å². The summed E-state index contributed by atoms with van der Waals surface area (Å²) in [6, 6.07) is 12.7. The number of nitrogens with one attached hydrogen (secondary N) is 1. The lowest BCUT2D eigenvalue weighted by Gasteiger charge is -2.11. The monoisotopic (exact) mass is 351 g/mol. The van der Waals surface area contributed by atoms with Gasteiger partial charge >= 0.3 is 0 Å². The topological polar surface area (TPSA) is 38.3 Å². The first-order valence-corrected chi connectivity index (χ1v) is 8.23. The molecule has 0 bridgehead atoms. The Kier molecular flexibility index (Phi) is 6.31. The van der Waals surface area contributed by atoms with Crippen LogP contribution in [0.5, 0.6) is 5.75 Å². The van der Waals surface area contributed by atoms with Gasteiger partial charge < -0.3 is 10.1 Å². The van der Waals surface area contributed by atoms with Crippen LogP contribution in [0.2, 0.25) is 10.0 Å². The van der Waals surface area contributed by atoms with Gasteiger partial charge in [-0.3, -0.25) is 4.79 Å². The Morgan fingerprint density at radius 3 is 2.52 bits per heavy atom. The summed E-state index contributed by atoms with van der Waals surface area (Å²) in [6.07, 6.45) is 1.09. The fourth-order valence-corrected chi connectivity index (χ4v) is 2.39. The molecule has 2 rings (SSSR count).